The van der Waals surface area contributed by atoms with Gasteiger partial charge in [0.2, 0.25) is 10.0 Å². The third kappa shape index (κ3) is 2.82. The Morgan fingerprint density at radius 2 is 2.10 bits per heavy atom. The predicted octanol–water partition coefficient (Wildman–Crippen LogP) is 2.58. The minimum absolute atomic E-state index is 0.164. The summed E-state index contributed by atoms with van der Waals surface area (Å²) >= 11 is 1.60. The number of nitrogens with zero attached hydrogens (tertiary/aromatic N) is 2. The van der Waals surface area contributed by atoms with Crippen LogP contribution in [0.1, 0.15) is 23.4 Å². The van der Waals surface area contributed by atoms with Crippen molar-refractivity contribution in [3.8, 4) is 0 Å². The van der Waals surface area contributed by atoms with Crippen LogP contribution in [-0.4, -0.2) is 22.5 Å². The molecule has 1 aliphatic carbocycles. The molecule has 3 rings (SSSR count). The minimum Gasteiger partial charge on any atom is -0.353 e. The van der Waals surface area contributed by atoms with E-state index in [9.17, 15) is 8.42 Å². The third-order valence-electron chi connectivity index (χ3n) is 3.61. The summed E-state index contributed by atoms with van der Waals surface area (Å²) in [6.07, 6.45) is 3.55. The number of aryl methyl sites for hydroxylation is 1. The summed E-state index contributed by atoms with van der Waals surface area (Å²) in [5.74, 6) is 0. The van der Waals surface area contributed by atoms with Gasteiger partial charge in [-0.3, -0.25) is 0 Å². The second-order valence-electron chi connectivity index (χ2n) is 5.20. The summed E-state index contributed by atoms with van der Waals surface area (Å²) in [4.78, 5) is 1.09. The van der Waals surface area contributed by atoms with Crippen molar-refractivity contribution in [2.45, 2.75) is 31.2 Å². The molecule has 108 valence electrons. The van der Waals surface area contributed by atoms with E-state index in [1.165, 1.54) is 0 Å². The average Bonchev–Trinajstić information content (AvgIpc) is 3.03. The molecule has 2 heterocycles. The van der Waals surface area contributed by atoms with E-state index in [-0.39, 0.29) is 5.25 Å². The van der Waals surface area contributed by atoms with Crippen molar-refractivity contribution in [3.05, 3.63) is 46.4 Å². The Morgan fingerprint density at radius 1 is 1.30 bits per heavy atom. The fourth-order valence-electron chi connectivity index (χ4n) is 2.23. The summed E-state index contributed by atoms with van der Waals surface area (Å²) in [6, 6.07) is 7.88. The topological polar surface area (TPSA) is 42.3 Å². The molecule has 1 saturated carbocycles. The number of hydrogen-bond donors (Lipinski definition) is 0. The number of hydrogen-bond acceptors (Lipinski definition) is 3. The van der Waals surface area contributed by atoms with Crippen LogP contribution in [0, 0.1) is 0 Å². The molecule has 0 spiro atoms. The lowest BCUT2D eigenvalue weighted by Gasteiger charge is -2.22. The van der Waals surface area contributed by atoms with E-state index < -0.39 is 10.0 Å². The number of thiophene rings is 1. The molecule has 0 radical (unpaired) electrons. The minimum atomic E-state index is -3.17. The summed E-state index contributed by atoms with van der Waals surface area (Å²) in [5.41, 5.74) is 1.02. The van der Waals surface area contributed by atoms with Crippen molar-refractivity contribution < 1.29 is 8.42 Å². The lowest BCUT2D eigenvalue weighted by Crippen LogP contribution is -2.33. The van der Waals surface area contributed by atoms with Gasteiger partial charge in [-0.1, -0.05) is 6.07 Å². The van der Waals surface area contributed by atoms with Crippen LogP contribution in [0.2, 0.25) is 0 Å². The maximum atomic E-state index is 12.6. The van der Waals surface area contributed by atoms with Gasteiger partial charge in [0.05, 0.1) is 11.8 Å². The Morgan fingerprint density at radius 3 is 2.65 bits per heavy atom. The highest BCUT2D eigenvalue weighted by molar-refractivity contribution is 7.90. The zero-order chi connectivity index (χ0) is 14.2. The van der Waals surface area contributed by atoms with Gasteiger partial charge in [-0.05, 0) is 36.4 Å². The van der Waals surface area contributed by atoms with E-state index >= 15 is 0 Å². The molecule has 4 nitrogen and oxygen atoms in total. The Kier molecular flexibility index (Phi) is 3.70. The second kappa shape index (κ2) is 5.35. The van der Waals surface area contributed by atoms with Crippen molar-refractivity contribution in [2.24, 2.45) is 7.05 Å². The molecule has 0 amide bonds. The molecule has 1 aliphatic rings. The van der Waals surface area contributed by atoms with Crippen LogP contribution in [0.4, 0.5) is 0 Å². The fourth-order valence-corrected chi connectivity index (χ4v) is 4.82. The first-order valence-corrected chi connectivity index (χ1v) is 9.07. The Balaban J connectivity index is 1.85. The highest BCUT2D eigenvalue weighted by atomic mass is 32.2. The maximum Gasteiger partial charge on any atom is 0.217 e. The van der Waals surface area contributed by atoms with E-state index in [1.807, 2.05) is 47.5 Å². The van der Waals surface area contributed by atoms with E-state index in [0.29, 0.717) is 13.1 Å². The molecule has 0 N–H and O–H groups in total. The molecular weight excluding hydrogens is 292 g/mol. The average molecular weight is 310 g/mol. The monoisotopic (exact) mass is 310 g/mol. The van der Waals surface area contributed by atoms with Gasteiger partial charge < -0.3 is 4.57 Å². The van der Waals surface area contributed by atoms with Crippen LogP contribution in [0.25, 0.3) is 0 Å². The molecule has 6 heteroatoms. The molecule has 2 aromatic rings. The van der Waals surface area contributed by atoms with E-state index in [4.69, 9.17) is 0 Å². The molecule has 2 aromatic heterocycles. The Labute approximate surface area is 123 Å². The van der Waals surface area contributed by atoms with Crippen molar-refractivity contribution in [2.75, 3.05) is 0 Å². The molecule has 20 heavy (non-hydrogen) atoms. The summed E-state index contributed by atoms with van der Waals surface area (Å²) < 4.78 is 28.8. The van der Waals surface area contributed by atoms with E-state index in [0.717, 1.165) is 23.4 Å². The Hall–Kier alpha value is -1.11. The summed E-state index contributed by atoms with van der Waals surface area (Å²) in [7, 11) is -1.22. The third-order valence-corrected chi connectivity index (χ3v) is 6.76. The molecule has 0 bridgehead atoms. The highest BCUT2D eigenvalue weighted by Crippen LogP contribution is 2.33. The largest absolute Gasteiger partial charge is 0.353 e. The number of rotatable bonds is 6. The van der Waals surface area contributed by atoms with Crippen molar-refractivity contribution >= 4 is 21.4 Å². The van der Waals surface area contributed by atoms with Crippen LogP contribution in [0.15, 0.2) is 35.8 Å². The standard InChI is InChI=1S/C14H18N2O2S2/c1-15-8-2-4-12(15)10-16(11-13-5-3-9-19-13)20(17,18)14-6-7-14/h2-5,8-9,14H,6-7,10-11H2,1H3. The molecule has 0 atom stereocenters. The van der Waals surface area contributed by atoms with Gasteiger partial charge in [0.1, 0.15) is 0 Å². The zero-order valence-electron chi connectivity index (χ0n) is 11.4. The normalized spacial score (nSPS) is 15.9. The van der Waals surface area contributed by atoms with E-state index in [1.54, 1.807) is 15.6 Å². The quantitative estimate of drug-likeness (QED) is 0.823. The first kappa shape index (κ1) is 13.9. The van der Waals surface area contributed by atoms with Crippen molar-refractivity contribution in [3.63, 3.8) is 0 Å². The van der Waals surface area contributed by atoms with Crippen molar-refractivity contribution in [1.82, 2.24) is 8.87 Å². The van der Waals surface area contributed by atoms with Crippen LogP contribution in [-0.2, 0) is 30.2 Å². The molecule has 0 saturated heterocycles. The van der Waals surface area contributed by atoms with Crippen LogP contribution in [0.3, 0.4) is 0 Å². The zero-order valence-corrected chi connectivity index (χ0v) is 13.0. The van der Waals surface area contributed by atoms with E-state index in [2.05, 4.69) is 0 Å². The SMILES string of the molecule is Cn1cccc1CN(Cc1cccs1)S(=O)(=O)C1CC1. The summed E-state index contributed by atoms with van der Waals surface area (Å²) in [6.45, 7) is 0.919. The lowest BCUT2D eigenvalue weighted by molar-refractivity contribution is 0.394. The lowest BCUT2D eigenvalue weighted by atomic mass is 10.4. The highest BCUT2D eigenvalue weighted by Gasteiger charge is 2.40. The van der Waals surface area contributed by atoms with Gasteiger partial charge in [-0.25, -0.2) is 8.42 Å². The van der Waals surface area contributed by atoms with Gasteiger partial charge in [0.25, 0.3) is 0 Å². The second-order valence-corrected chi connectivity index (χ2v) is 8.45. The molecule has 0 aliphatic heterocycles. The number of sulfonamides is 1. The van der Waals surface area contributed by atoms with Gasteiger partial charge in [0.15, 0.2) is 0 Å². The van der Waals surface area contributed by atoms with Gasteiger partial charge >= 0.3 is 0 Å². The maximum absolute atomic E-state index is 12.6. The Bertz CT molecular complexity index is 670. The summed E-state index contributed by atoms with van der Waals surface area (Å²) in [5, 5.41) is 1.82. The number of aromatic nitrogens is 1. The molecule has 0 aromatic carbocycles. The fraction of sp³-hybridized carbons (Fsp3) is 0.429. The van der Waals surface area contributed by atoms with Crippen LogP contribution < -0.4 is 0 Å². The first-order chi connectivity index (χ1) is 9.57. The predicted molar refractivity (Wildman–Crippen MR) is 80.9 cm³/mol. The van der Waals surface area contributed by atoms with Crippen LogP contribution >= 0.6 is 11.3 Å². The van der Waals surface area contributed by atoms with Gasteiger partial charge in [0, 0.05) is 30.4 Å². The van der Waals surface area contributed by atoms with Crippen molar-refractivity contribution in [1.29, 1.82) is 0 Å². The van der Waals surface area contributed by atoms with Crippen LogP contribution in [0.5, 0.6) is 0 Å². The first-order valence-electron chi connectivity index (χ1n) is 6.69. The molecule has 0 unspecified atom stereocenters. The molecule has 1 fully saturated rings. The van der Waals surface area contributed by atoms with Gasteiger partial charge in [-0.15, -0.1) is 11.3 Å². The molecular formula is C14H18N2O2S2. The smallest absolute Gasteiger partial charge is 0.217 e. The van der Waals surface area contributed by atoms with Gasteiger partial charge in [-0.2, -0.15) is 4.31 Å².